The molecule has 170 valence electrons. The van der Waals surface area contributed by atoms with Gasteiger partial charge in [-0.3, -0.25) is 9.59 Å². The molecule has 1 unspecified atom stereocenters. The number of rotatable bonds is 8. The number of hydrogen-bond donors (Lipinski definition) is 1. The van der Waals surface area contributed by atoms with E-state index in [0.29, 0.717) is 17.9 Å². The van der Waals surface area contributed by atoms with Gasteiger partial charge in [0, 0.05) is 12.1 Å². The molecule has 3 rings (SSSR count). The summed E-state index contributed by atoms with van der Waals surface area (Å²) in [6, 6.07) is 14.1. The molecular weight excluding hydrogens is 404 g/mol. The van der Waals surface area contributed by atoms with Crippen LogP contribution in [0.25, 0.3) is 5.76 Å². The van der Waals surface area contributed by atoms with E-state index in [0.717, 1.165) is 24.1 Å². The van der Waals surface area contributed by atoms with Crippen molar-refractivity contribution < 1.29 is 19.4 Å². The molecule has 0 radical (unpaired) electrons. The Hall–Kier alpha value is -3.12. The van der Waals surface area contributed by atoms with Crippen molar-refractivity contribution in [1.82, 2.24) is 9.80 Å². The number of aliphatic hydroxyl groups excluding tert-OH is 1. The minimum atomic E-state index is -0.650. The van der Waals surface area contributed by atoms with Gasteiger partial charge >= 0.3 is 0 Å². The minimum absolute atomic E-state index is 0.0272. The van der Waals surface area contributed by atoms with Crippen molar-refractivity contribution in [3.63, 3.8) is 0 Å². The molecule has 0 aliphatic carbocycles. The lowest BCUT2D eigenvalue weighted by Crippen LogP contribution is -2.32. The molecule has 2 aromatic rings. The number of ether oxygens (including phenoxy) is 1. The molecule has 6 nitrogen and oxygen atoms in total. The van der Waals surface area contributed by atoms with Crippen molar-refractivity contribution in [2.24, 2.45) is 0 Å². The highest BCUT2D eigenvalue weighted by molar-refractivity contribution is 6.46. The molecule has 2 aromatic carbocycles. The standard InChI is InChI=1S/C26H32N2O4/c1-17(2)32-20-12-13-21(18(3)16-20)24(29)22-23(19-10-7-6-8-11-19)28(26(31)25(22)30)15-9-14-27(4)5/h6-8,10-13,16-17,23,29H,9,14-15H2,1-5H3/b24-22-. The van der Waals surface area contributed by atoms with Gasteiger partial charge in [-0.15, -0.1) is 0 Å². The second-order valence-electron chi connectivity index (χ2n) is 8.70. The third-order valence-electron chi connectivity index (χ3n) is 5.48. The van der Waals surface area contributed by atoms with Crippen molar-refractivity contribution in [1.29, 1.82) is 0 Å². The number of hydrogen-bond acceptors (Lipinski definition) is 5. The van der Waals surface area contributed by atoms with Crippen LogP contribution in [0.5, 0.6) is 5.75 Å². The van der Waals surface area contributed by atoms with Crippen LogP contribution in [-0.2, 0) is 9.59 Å². The molecule has 1 heterocycles. The van der Waals surface area contributed by atoms with Crippen LogP contribution in [0.3, 0.4) is 0 Å². The van der Waals surface area contributed by atoms with Crippen molar-refractivity contribution >= 4 is 17.4 Å². The van der Waals surface area contributed by atoms with E-state index in [-0.39, 0.29) is 17.4 Å². The molecule has 1 aliphatic heterocycles. The van der Waals surface area contributed by atoms with Gasteiger partial charge in [0.05, 0.1) is 17.7 Å². The van der Waals surface area contributed by atoms with E-state index in [4.69, 9.17) is 4.74 Å². The van der Waals surface area contributed by atoms with Crippen LogP contribution in [0, 0.1) is 6.92 Å². The predicted octanol–water partition coefficient (Wildman–Crippen LogP) is 4.16. The SMILES string of the molecule is Cc1cc(OC(C)C)ccc1/C(O)=C1/C(=O)C(=O)N(CCCN(C)C)C1c1ccccc1. The summed E-state index contributed by atoms with van der Waals surface area (Å²) in [6.07, 6.45) is 0.753. The van der Waals surface area contributed by atoms with Crippen molar-refractivity contribution in [3.05, 3.63) is 70.8 Å². The Labute approximate surface area is 190 Å². The van der Waals surface area contributed by atoms with E-state index in [2.05, 4.69) is 0 Å². The normalized spacial score (nSPS) is 18.1. The molecule has 1 amide bonds. The van der Waals surface area contributed by atoms with Crippen LogP contribution >= 0.6 is 0 Å². The molecule has 1 saturated heterocycles. The van der Waals surface area contributed by atoms with E-state index in [1.54, 1.807) is 17.0 Å². The van der Waals surface area contributed by atoms with Gasteiger partial charge in [-0.2, -0.15) is 0 Å². The van der Waals surface area contributed by atoms with Crippen molar-refractivity contribution in [3.8, 4) is 5.75 Å². The Morgan fingerprint density at radius 2 is 1.81 bits per heavy atom. The van der Waals surface area contributed by atoms with Gasteiger partial charge in [0.15, 0.2) is 0 Å². The fourth-order valence-corrected chi connectivity index (χ4v) is 4.04. The highest BCUT2D eigenvalue weighted by Gasteiger charge is 2.45. The number of carbonyl (C=O) groups excluding carboxylic acids is 2. The highest BCUT2D eigenvalue weighted by Crippen LogP contribution is 2.40. The van der Waals surface area contributed by atoms with Gasteiger partial charge in [-0.1, -0.05) is 30.3 Å². The summed E-state index contributed by atoms with van der Waals surface area (Å²) >= 11 is 0. The molecule has 6 heteroatoms. The molecule has 1 fully saturated rings. The Kier molecular flexibility index (Phi) is 7.36. The number of benzene rings is 2. The van der Waals surface area contributed by atoms with E-state index >= 15 is 0 Å². The third kappa shape index (κ3) is 5.02. The lowest BCUT2D eigenvalue weighted by atomic mass is 9.94. The summed E-state index contributed by atoms with van der Waals surface area (Å²) in [5, 5.41) is 11.3. The van der Waals surface area contributed by atoms with Gasteiger partial charge in [-0.05, 0) is 77.2 Å². The Morgan fingerprint density at radius 3 is 2.41 bits per heavy atom. The first-order chi connectivity index (χ1) is 15.2. The molecule has 32 heavy (non-hydrogen) atoms. The first-order valence-corrected chi connectivity index (χ1v) is 11.0. The number of ketones is 1. The van der Waals surface area contributed by atoms with Crippen LogP contribution < -0.4 is 4.74 Å². The van der Waals surface area contributed by atoms with Crippen LogP contribution in [-0.4, -0.2) is 59.9 Å². The number of Topliss-reactive ketones (excluding diaryl/α,β-unsaturated/α-hetero) is 1. The van der Waals surface area contributed by atoms with E-state index in [1.807, 2.05) is 76.2 Å². The Morgan fingerprint density at radius 1 is 1.12 bits per heavy atom. The topological polar surface area (TPSA) is 70.1 Å². The number of aryl methyl sites for hydroxylation is 1. The fourth-order valence-electron chi connectivity index (χ4n) is 4.04. The first-order valence-electron chi connectivity index (χ1n) is 11.0. The molecule has 0 saturated carbocycles. The summed E-state index contributed by atoms with van der Waals surface area (Å²) in [7, 11) is 3.94. The summed E-state index contributed by atoms with van der Waals surface area (Å²) < 4.78 is 5.73. The quantitative estimate of drug-likeness (QED) is 0.382. The van der Waals surface area contributed by atoms with Crippen LogP contribution in [0.4, 0.5) is 0 Å². The van der Waals surface area contributed by atoms with E-state index < -0.39 is 17.7 Å². The van der Waals surface area contributed by atoms with Gasteiger partial charge < -0.3 is 19.6 Å². The second-order valence-corrected chi connectivity index (χ2v) is 8.70. The zero-order valence-corrected chi connectivity index (χ0v) is 19.5. The van der Waals surface area contributed by atoms with Gasteiger partial charge in [-0.25, -0.2) is 0 Å². The molecular formula is C26H32N2O4. The maximum atomic E-state index is 13.1. The van der Waals surface area contributed by atoms with Crippen molar-refractivity contribution in [2.45, 2.75) is 39.3 Å². The van der Waals surface area contributed by atoms with Gasteiger partial charge in [0.2, 0.25) is 0 Å². The second kappa shape index (κ2) is 10.0. The average Bonchev–Trinajstić information content (AvgIpc) is 2.98. The predicted molar refractivity (Wildman–Crippen MR) is 126 cm³/mol. The monoisotopic (exact) mass is 436 g/mol. The largest absolute Gasteiger partial charge is 0.507 e. The maximum absolute atomic E-state index is 13.1. The lowest BCUT2D eigenvalue weighted by Gasteiger charge is -2.26. The number of nitrogens with zero attached hydrogens (tertiary/aromatic N) is 2. The molecule has 0 spiro atoms. The minimum Gasteiger partial charge on any atom is -0.507 e. The van der Waals surface area contributed by atoms with Crippen LogP contribution in [0.2, 0.25) is 0 Å². The van der Waals surface area contributed by atoms with Gasteiger partial charge in [0.25, 0.3) is 11.7 Å². The van der Waals surface area contributed by atoms with Gasteiger partial charge in [0.1, 0.15) is 11.5 Å². The number of aliphatic hydroxyl groups is 1. The van der Waals surface area contributed by atoms with E-state index in [9.17, 15) is 14.7 Å². The van der Waals surface area contributed by atoms with E-state index in [1.165, 1.54) is 0 Å². The third-order valence-corrected chi connectivity index (χ3v) is 5.48. The fraction of sp³-hybridized carbons (Fsp3) is 0.385. The summed E-state index contributed by atoms with van der Waals surface area (Å²) in [6.45, 7) is 6.97. The zero-order valence-electron chi connectivity index (χ0n) is 19.5. The average molecular weight is 437 g/mol. The Balaban J connectivity index is 2.06. The summed E-state index contributed by atoms with van der Waals surface area (Å²) in [5.74, 6) is -0.682. The summed E-state index contributed by atoms with van der Waals surface area (Å²) in [4.78, 5) is 29.7. The first kappa shape index (κ1) is 23.5. The number of amides is 1. The van der Waals surface area contributed by atoms with Crippen molar-refractivity contribution in [2.75, 3.05) is 27.2 Å². The molecule has 0 bridgehead atoms. The maximum Gasteiger partial charge on any atom is 0.295 e. The lowest BCUT2D eigenvalue weighted by molar-refractivity contribution is -0.139. The number of likely N-dealkylation sites (tertiary alicyclic amines) is 1. The highest BCUT2D eigenvalue weighted by atomic mass is 16.5. The Bertz CT molecular complexity index is 1010. The zero-order chi connectivity index (χ0) is 23.4. The molecule has 1 N–H and O–H groups in total. The summed E-state index contributed by atoms with van der Waals surface area (Å²) in [5.41, 5.74) is 2.22. The molecule has 0 aromatic heterocycles. The number of carbonyl (C=O) groups is 2. The smallest absolute Gasteiger partial charge is 0.295 e. The van der Waals surface area contributed by atoms with Crippen LogP contribution in [0.15, 0.2) is 54.1 Å². The molecule has 1 aliphatic rings. The van der Waals surface area contributed by atoms with Crippen LogP contribution in [0.1, 0.15) is 43.0 Å². The molecule has 1 atom stereocenters.